The molecular formula is C28H49N. The smallest absolute Gasteiger partial charge is 0.0689 e. The van der Waals surface area contributed by atoms with Gasteiger partial charge in [0.25, 0.3) is 0 Å². The molecule has 3 aliphatic rings. The Morgan fingerprint density at radius 2 is 1.34 bits per heavy atom. The van der Waals surface area contributed by atoms with Crippen LogP contribution in [0.5, 0.6) is 0 Å². The number of nitrogens with zero attached hydrogens (tertiary/aromatic N) is 1. The molecule has 3 fully saturated rings. The molecule has 0 radical (unpaired) electrons. The van der Waals surface area contributed by atoms with Gasteiger partial charge in [0.05, 0.1) is 11.5 Å². The van der Waals surface area contributed by atoms with Crippen molar-refractivity contribution in [2.45, 2.75) is 136 Å². The van der Waals surface area contributed by atoms with E-state index >= 15 is 0 Å². The van der Waals surface area contributed by atoms with Crippen LogP contribution in [0, 0.1) is 46.3 Å². The van der Waals surface area contributed by atoms with Crippen molar-refractivity contribution in [1.29, 1.82) is 5.26 Å². The Morgan fingerprint density at radius 3 is 1.93 bits per heavy atom. The van der Waals surface area contributed by atoms with Crippen molar-refractivity contribution in [2.24, 2.45) is 35.0 Å². The summed E-state index contributed by atoms with van der Waals surface area (Å²) in [4.78, 5) is 0. The molecule has 0 aromatic rings. The topological polar surface area (TPSA) is 23.8 Å². The molecule has 0 aliphatic heterocycles. The SMILES string of the molecule is CCCCCC[C@H]1CC[C@H](C2CCC(C3CCCC(C#N)(CCC)C3)CC2)CC1. The van der Waals surface area contributed by atoms with E-state index in [-0.39, 0.29) is 5.41 Å². The normalized spacial score (nSPS) is 38.4. The van der Waals surface area contributed by atoms with Crippen LogP contribution in [0.2, 0.25) is 0 Å². The fourth-order valence-electron chi connectivity index (χ4n) is 7.57. The molecule has 0 spiro atoms. The molecule has 0 bridgehead atoms. The number of rotatable bonds is 9. The molecular weight excluding hydrogens is 350 g/mol. The lowest BCUT2D eigenvalue weighted by Crippen LogP contribution is -2.34. The van der Waals surface area contributed by atoms with Gasteiger partial charge < -0.3 is 0 Å². The molecule has 0 N–H and O–H groups in total. The van der Waals surface area contributed by atoms with E-state index in [0.29, 0.717) is 0 Å². The first-order chi connectivity index (χ1) is 14.2. The lowest BCUT2D eigenvalue weighted by Gasteiger charge is -2.43. The fraction of sp³-hybridized carbons (Fsp3) is 0.964. The molecule has 0 amide bonds. The maximum atomic E-state index is 9.85. The van der Waals surface area contributed by atoms with E-state index in [4.69, 9.17) is 0 Å². The summed E-state index contributed by atoms with van der Waals surface area (Å²) >= 11 is 0. The monoisotopic (exact) mass is 399 g/mol. The van der Waals surface area contributed by atoms with Crippen LogP contribution in [0.25, 0.3) is 0 Å². The zero-order valence-corrected chi connectivity index (χ0v) is 19.8. The molecule has 1 heteroatoms. The zero-order valence-electron chi connectivity index (χ0n) is 19.8. The van der Waals surface area contributed by atoms with Crippen molar-refractivity contribution in [3.63, 3.8) is 0 Å². The van der Waals surface area contributed by atoms with Crippen LogP contribution in [0.15, 0.2) is 0 Å². The molecule has 2 atom stereocenters. The summed E-state index contributed by atoms with van der Waals surface area (Å²) in [6.07, 6.45) is 26.8. The number of hydrogen-bond donors (Lipinski definition) is 0. The van der Waals surface area contributed by atoms with E-state index in [1.165, 1.54) is 116 Å². The molecule has 0 saturated heterocycles. The number of hydrogen-bond acceptors (Lipinski definition) is 1. The Labute approximate surface area is 182 Å². The first-order valence-corrected chi connectivity index (χ1v) is 13.6. The molecule has 1 nitrogen and oxygen atoms in total. The lowest BCUT2D eigenvalue weighted by molar-refractivity contribution is 0.0820. The highest BCUT2D eigenvalue weighted by Crippen LogP contribution is 2.50. The third-order valence-corrected chi connectivity index (χ3v) is 9.36. The van der Waals surface area contributed by atoms with Crippen LogP contribution >= 0.6 is 0 Å². The van der Waals surface area contributed by atoms with Crippen molar-refractivity contribution >= 4 is 0 Å². The van der Waals surface area contributed by atoms with Crippen molar-refractivity contribution in [2.75, 3.05) is 0 Å². The van der Waals surface area contributed by atoms with Gasteiger partial charge in [0.15, 0.2) is 0 Å². The molecule has 0 aromatic carbocycles. The van der Waals surface area contributed by atoms with Crippen molar-refractivity contribution in [3.05, 3.63) is 0 Å². The van der Waals surface area contributed by atoms with Gasteiger partial charge in [-0.3, -0.25) is 0 Å². The van der Waals surface area contributed by atoms with E-state index < -0.39 is 0 Å². The van der Waals surface area contributed by atoms with Gasteiger partial charge in [-0.1, -0.05) is 78.1 Å². The lowest BCUT2D eigenvalue weighted by atomic mass is 9.61. The Bertz CT molecular complexity index is 485. The Hall–Kier alpha value is -0.510. The third kappa shape index (κ3) is 6.48. The first-order valence-electron chi connectivity index (χ1n) is 13.6. The summed E-state index contributed by atoms with van der Waals surface area (Å²) in [6, 6.07) is 2.77. The van der Waals surface area contributed by atoms with Crippen LogP contribution < -0.4 is 0 Å². The molecule has 3 aliphatic carbocycles. The highest BCUT2D eigenvalue weighted by Gasteiger charge is 2.40. The van der Waals surface area contributed by atoms with Crippen LogP contribution in [0.3, 0.4) is 0 Å². The number of nitriles is 1. The second-order valence-corrected chi connectivity index (χ2v) is 11.3. The Balaban J connectivity index is 1.38. The van der Waals surface area contributed by atoms with E-state index in [1.54, 1.807) is 0 Å². The van der Waals surface area contributed by atoms with Crippen molar-refractivity contribution in [1.82, 2.24) is 0 Å². The maximum absolute atomic E-state index is 9.85. The second-order valence-electron chi connectivity index (χ2n) is 11.3. The van der Waals surface area contributed by atoms with Gasteiger partial charge >= 0.3 is 0 Å². The first kappa shape index (κ1) is 23.2. The van der Waals surface area contributed by atoms with Crippen LogP contribution in [0.4, 0.5) is 0 Å². The van der Waals surface area contributed by atoms with Gasteiger partial charge in [-0.05, 0) is 87.4 Å². The maximum Gasteiger partial charge on any atom is 0.0689 e. The predicted octanol–water partition coefficient (Wildman–Crippen LogP) is 9.07. The summed E-state index contributed by atoms with van der Waals surface area (Å²) in [5.41, 5.74) is 0.0318. The van der Waals surface area contributed by atoms with E-state index in [2.05, 4.69) is 19.9 Å². The molecule has 3 rings (SSSR count). The largest absolute Gasteiger partial charge is 0.198 e. The van der Waals surface area contributed by atoms with Crippen LogP contribution in [0.1, 0.15) is 136 Å². The summed E-state index contributed by atoms with van der Waals surface area (Å²) < 4.78 is 0. The van der Waals surface area contributed by atoms with Crippen molar-refractivity contribution < 1.29 is 0 Å². The summed E-state index contributed by atoms with van der Waals surface area (Å²) in [7, 11) is 0. The Morgan fingerprint density at radius 1 is 0.724 bits per heavy atom. The van der Waals surface area contributed by atoms with Gasteiger partial charge in [-0.15, -0.1) is 0 Å². The average molecular weight is 400 g/mol. The molecule has 0 heterocycles. The minimum atomic E-state index is 0.0318. The molecule has 3 saturated carbocycles. The van der Waals surface area contributed by atoms with E-state index in [1.807, 2.05) is 0 Å². The third-order valence-electron chi connectivity index (χ3n) is 9.36. The second kappa shape index (κ2) is 11.8. The van der Waals surface area contributed by atoms with Gasteiger partial charge in [-0.25, -0.2) is 0 Å². The molecule has 2 unspecified atom stereocenters. The van der Waals surface area contributed by atoms with Gasteiger partial charge in [-0.2, -0.15) is 5.26 Å². The highest BCUT2D eigenvalue weighted by molar-refractivity contribution is 5.03. The molecule has 166 valence electrons. The molecule has 0 aromatic heterocycles. The molecule has 29 heavy (non-hydrogen) atoms. The average Bonchev–Trinajstić information content (AvgIpc) is 2.78. The minimum absolute atomic E-state index is 0.0318. The van der Waals surface area contributed by atoms with Gasteiger partial charge in [0.2, 0.25) is 0 Å². The summed E-state index contributed by atoms with van der Waals surface area (Å²) in [5.74, 6) is 4.93. The van der Waals surface area contributed by atoms with Crippen LogP contribution in [-0.2, 0) is 0 Å². The summed E-state index contributed by atoms with van der Waals surface area (Å²) in [6.45, 7) is 4.58. The Kier molecular flexibility index (Phi) is 9.40. The highest BCUT2D eigenvalue weighted by atomic mass is 14.5. The minimum Gasteiger partial charge on any atom is -0.198 e. The predicted molar refractivity (Wildman–Crippen MR) is 125 cm³/mol. The fourth-order valence-corrected chi connectivity index (χ4v) is 7.57. The standard InChI is InChI=1S/C28H49N/c1-3-5-6-7-9-23-11-13-24(14-12-23)25-15-17-26(18-16-25)27-10-8-20-28(21-27,22-29)19-4-2/h23-27H,3-21H2,1-2H3/t23-,24-,25?,26?,27?,28?. The van der Waals surface area contributed by atoms with E-state index in [0.717, 1.165) is 36.0 Å². The quantitative estimate of drug-likeness (QED) is 0.355. The van der Waals surface area contributed by atoms with Gasteiger partial charge in [0.1, 0.15) is 0 Å². The van der Waals surface area contributed by atoms with E-state index in [9.17, 15) is 5.26 Å². The van der Waals surface area contributed by atoms with Gasteiger partial charge in [0, 0.05) is 0 Å². The zero-order chi connectivity index (χ0) is 20.5. The van der Waals surface area contributed by atoms with Crippen molar-refractivity contribution in [3.8, 4) is 6.07 Å². The summed E-state index contributed by atoms with van der Waals surface area (Å²) in [5, 5.41) is 9.85. The van der Waals surface area contributed by atoms with Crippen LogP contribution in [-0.4, -0.2) is 0 Å². The number of unbranched alkanes of at least 4 members (excludes halogenated alkanes) is 3.